The van der Waals surface area contributed by atoms with Crippen molar-refractivity contribution in [1.82, 2.24) is 14.9 Å². The number of hydrogen-bond donors (Lipinski definition) is 1. The first-order chi connectivity index (χ1) is 12.3. The molecule has 0 radical (unpaired) electrons. The minimum Gasteiger partial charge on any atom is -0.368 e. The maximum Gasteiger partial charge on any atom is 0.182 e. The molecule has 0 amide bonds. The van der Waals surface area contributed by atoms with Crippen molar-refractivity contribution >= 4 is 23.1 Å². The van der Waals surface area contributed by atoms with E-state index < -0.39 is 0 Å². The molecule has 1 aliphatic rings. The van der Waals surface area contributed by atoms with Crippen molar-refractivity contribution in [2.24, 2.45) is 0 Å². The van der Waals surface area contributed by atoms with Crippen molar-refractivity contribution in [2.75, 3.05) is 49.5 Å². The van der Waals surface area contributed by atoms with Gasteiger partial charge in [-0.2, -0.15) is 5.26 Å². The number of nitriles is 1. The molecule has 3 rings (SSSR count). The highest BCUT2D eigenvalue weighted by Gasteiger charge is 2.18. The van der Waals surface area contributed by atoms with E-state index in [1.807, 2.05) is 24.3 Å². The van der Waals surface area contributed by atoms with Gasteiger partial charge in [-0.3, -0.25) is 4.90 Å². The predicted octanol–water partition coefficient (Wildman–Crippen LogP) is 2.63. The number of nitrogens with one attached hydrogen (secondary N) is 1. The van der Waals surface area contributed by atoms with Gasteiger partial charge in [-0.25, -0.2) is 9.97 Å². The van der Waals surface area contributed by atoms with E-state index in [1.54, 1.807) is 6.20 Å². The fraction of sp³-hybridized carbons (Fsp3) is 0.389. The largest absolute Gasteiger partial charge is 0.368 e. The van der Waals surface area contributed by atoms with E-state index in [4.69, 9.17) is 16.9 Å². The molecule has 0 unspecified atom stereocenters. The first-order valence-electron chi connectivity index (χ1n) is 8.45. The van der Waals surface area contributed by atoms with Gasteiger partial charge >= 0.3 is 0 Å². The number of benzene rings is 1. The normalized spacial score (nSPS) is 15.0. The molecular weight excluding hydrogens is 336 g/mol. The van der Waals surface area contributed by atoms with E-state index in [1.165, 1.54) is 6.20 Å². The molecule has 1 aromatic heterocycles. The zero-order valence-corrected chi connectivity index (χ0v) is 14.8. The Kier molecular flexibility index (Phi) is 6.04. The molecule has 2 heterocycles. The van der Waals surface area contributed by atoms with Crippen LogP contribution in [0.15, 0.2) is 36.7 Å². The lowest BCUT2D eigenvalue weighted by molar-refractivity contribution is 0.257. The first-order valence-corrected chi connectivity index (χ1v) is 8.82. The monoisotopic (exact) mass is 356 g/mol. The second kappa shape index (κ2) is 8.65. The molecule has 0 spiro atoms. The Hall–Kier alpha value is -2.36. The molecular formula is C18H21ClN6. The third-order valence-corrected chi connectivity index (χ3v) is 4.63. The van der Waals surface area contributed by atoms with E-state index in [0.717, 1.165) is 56.4 Å². The summed E-state index contributed by atoms with van der Waals surface area (Å²) in [5.41, 5.74) is 1.47. The lowest BCUT2D eigenvalue weighted by atomic mass is 10.2. The van der Waals surface area contributed by atoms with Crippen LogP contribution < -0.4 is 10.2 Å². The standard InChI is InChI=1S/C18H21ClN6/c19-15-4-1-2-5-17(15)25-12-10-24(11-13-25)9-3-6-22-18-16(14-20)21-7-8-23-18/h1-2,4-5,7-8H,3,6,9-13H2,(H,22,23). The lowest BCUT2D eigenvalue weighted by Crippen LogP contribution is -2.46. The summed E-state index contributed by atoms with van der Waals surface area (Å²) in [7, 11) is 0. The third-order valence-electron chi connectivity index (χ3n) is 4.31. The molecule has 0 saturated carbocycles. The van der Waals surface area contributed by atoms with Gasteiger partial charge in [0.05, 0.1) is 10.7 Å². The van der Waals surface area contributed by atoms with Gasteiger partial charge in [0.1, 0.15) is 6.07 Å². The summed E-state index contributed by atoms with van der Waals surface area (Å²) in [4.78, 5) is 13.0. The highest BCUT2D eigenvalue weighted by molar-refractivity contribution is 6.33. The van der Waals surface area contributed by atoms with E-state index in [0.29, 0.717) is 11.5 Å². The molecule has 0 bridgehead atoms. The van der Waals surface area contributed by atoms with Crippen LogP contribution >= 0.6 is 11.6 Å². The van der Waals surface area contributed by atoms with Gasteiger partial charge in [-0.05, 0) is 25.1 Å². The number of anilines is 2. The first kappa shape index (κ1) is 17.5. The number of nitrogens with zero attached hydrogens (tertiary/aromatic N) is 5. The third kappa shape index (κ3) is 4.59. The molecule has 130 valence electrons. The second-order valence-corrected chi connectivity index (χ2v) is 6.33. The minimum atomic E-state index is 0.343. The van der Waals surface area contributed by atoms with E-state index in [2.05, 4.69) is 31.2 Å². The number of rotatable bonds is 6. The Morgan fingerprint density at radius 3 is 2.64 bits per heavy atom. The van der Waals surface area contributed by atoms with Crippen LogP contribution in [0.1, 0.15) is 12.1 Å². The maximum absolute atomic E-state index is 9.00. The van der Waals surface area contributed by atoms with Crippen LogP contribution in [0.25, 0.3) is 0 Å². The Morgan fingerprint density at radius 1 is 1.12 bits per heavy atom. The number of para-hydroxylation sites is 1. The Morgan fingerprint density at radius 2 is 1.88 bits per heavy atom. The topological polar surface area (TPSA) is 68.1 Å². The Bertz CT molecular complexity index is 736. The van der Waals surface area contributed by atoms with Crippen molar-refractivity contribution in [3.05, 3.63) is 47.4 Å². The van der Waals surface area contributed by atoms with E-state index in [9.17, 15) is 0 Å². The van der Waals surface area contributed by atoms with Crippen LogP contribution in [0.5, 0.6) is 0 Å². The highest BCUT2D eigenvalue weighted by atomic mass is 35.5. The van der Waals surface area contributed by atoms with Gasteiger partial charge < -0.3 is 10.2 Å². The summed E-state index contributed by atoms with van der Waals surface area (Å²) in [6.45, 7) is 5.82. The van der Waals surface area contributed by atoms with Crippen molar-refractivity contribution in [3.8, 4) is 6.07 Å². The predicted molar refractivity (Wildman–Crippen MR) is 100.0 cm³/mol. The summed E-state index contributed by atoms with van der Waals surface area (Å²) < 4.78 is 0. The average Bonchev–Trinajstić information content (AvgIpc) is 2.66. The van der Waals surface area contributed by atoms with Crippen LogP contribution in [0.2, 0.25) is 5.02 Å². The molecule has 6 nitrogen and oxygen atoms in total. The minimum absolute atomic E-state index is 0.343. The maximum atomic E-state index is 9.00. The molecule has 2 aromatic rings. The Balaban J connectivity index is 1.40. The van der Waals surface area contributed by atoms with Crippen molar-refractivity contribution in [2.45, 2.75) is 6.42 Å². The van der Waals surface area contributed by atoms with Gasteiger partial charge in [0.2, 0.25) is 0 Å². The molecule has 7 heteroatoms. The summed E-state index contributed by atoms with van der Waals surface area (Å²) >= 11 is 6.28. The smallest absolute Gasteiger partial charge is 0.182 e. The molecule has 1 saturated heterocycles. The molecule has 0 aliphatic carbocycles. The molecule has 1 fully saturated rings. The number of hydrogen-bond acceptors (Lipinski definition) is 6. The SMILES string of the molecule is N#Cc1nccnc1NCCCN1CCN(c2ccccc2Cl)CC1. The number of aromatic nitrogens is 2. The van der Waals surface area contributed by atoms with Crippen LogP contribution in [0.4, 0.5) is 11.5 Å². The fourth-order valence-electron chi connectivity index (χ4n) is 2.98. The summed E-state index contributed by atoms with van der Waals surface area (Å²) in [6, 6.07) is 10.1. The van der Waals surface area contributed by atoms with Gasteiger partial charge in [0.15, 0.2) is 11.5 Å². The molecule has 25 heavy (non-hydrogen) atoms. The highest BCUT2D eigenvalue weighted by Crippen LogP contribution is 2.25. The number of halogens is 1. The zero-order valence-electron chi connectivity index (χ0n) is 14.0. The van der Waals surface area contributed by atoms with Crippen LogP contribution in [-0.4, -0.2) is 54.1 Å². The van der Waals surface area contributed by atoms with Crippen molar-refractivity contribution in [1.29, 1.82) is 5.26 Å². The Labute approximate surface area is 153 Å². The van der Waals surface area contributed by atoms with E-state index in [-0.39, 0.29) is 0 Å². The van der Waals surface area contributed by atoms with Crippen LogP contribution in [0, 0.1) is 11.3 Å². The van der Waals surface area contributed by atoms with Crippen LogP contribution in [0.3, 0.4) is 0 Å². The summed E-state index contributed by atoms with van der Waals surface area (Å²) in [5, 5.41) is 13.0. The summed E-state index contributed by atoms with van der Waals surface area (Å²) in [5.74, 6) is 0.563. The zero-order chi connectivity index (χ0) is 17.5. The van der Waals surface area contributed by atoms with Gasteiger partial charge in [0.25, 0.3) is 0 Å². The van der Waals surface area contributed by atoms with Crippen molar-refractivity contribution in [3.63, 3.8) is 0 Å². The molecule has 0 atom stereocenters. The number of piperazine rings is 1. The van der Waals surface area contributed by atoms with Crippen molar-refractivity contribution < 1.29 is 0 Å². The van der Waals surface area contributed by atoms with Gasteiger partial charge in [-0.15, -0.1) is 0 Å². The fourth-order valence-corrected chi connectivity index (χ4v) is 3.23. The molecule has 1 aliphatic heterocycles. The van der Waals surface area contributed by atoms with Gasteiger partial charge in [-0.1, -0.05) is 23.7 Å². The average molecular weight is 357 g/mol. The van der Waals surface area contributed by atoms with E-state index >= 15 is 0 Å². The lowest BCUT2D eigenvalue weighted by Gasteiger charge is -2.36. The van der Waals surface area contributed by atoms with Gasteiger partial charge in [0, 0.05) is 45.1 Å². The summed E-state index contributed by atoms with van der Waals surface area (Å²) in [6.07, 6.45) is 4.12. The molecule has 1 aromatic carbocycles. The molecule has 1 N–H and O–H groups in total. The van der Waals surface area contributed by atoms with Crippen LogP contribution in [-0.2, 0) is 0 Å². The quantitative estimate of drug-likeness (QED) is 0.802. The second-order valence-electron chi connectivity index (χ2n) is 5.93.